The maximum absolute atomic E-state index is 12.9. The van der Waals surface area contributed by atoms with E-state index in [-0.39, 0.29) is 17.9 Å². The van der Waals surface area contributed by atoms with Crippen LogP contribution in [0.15, 0.2) is 24.3 Å². The fraction of sp³-hybridized carbons (Fsp3) is 0.579. The normalized spacial score (nSPS) is 32.9. The molecule has 0 spiro atoms. The summed E-state index contributed by atoms with van der Waals surface area (Å²) in [5, 5.41) is 10.1. The van der Waals surface area contributed by atoms with Crippen molar-refractivity contribution in [1.82, 2.24) is 4.90 Å². The van der Waals surface area contributed by atoms with Crippen LogP contribution in [0.2, 0.25) is 0 Å². The van der Waals surface area contributed by atoms with Crippen LogP contribution in [0, 0.1) is 0 Å². The molecule has 1 aromatic carbocycles. The van der Waals surface area contributed by atoms with Crippen molar-refractivity contribution in [3.05, 3.63) is 35.4 Å². The van der Waals surface area contributed by atoms with Crippen molar-refractivity contribution in [2.75, 3.05) is 0 Å². The Bertz CT molecular complexity index is 733. The van der Waals surface area contributed by atoms with Crippen molar-refractivity contribution in [1.29, 1.82) is 0 Å². The van der Waals surface area contributed by atoms with E-state index in [1.54, 1.807) is 38.1 Å². The Kier molecular flexibility index (Phi) is 3.79. The summed E-state index contributed by atoms with van der Waals surface area (Å²) in [4.78, 5) is 27.1. The Morgan fingerprint density at radius 1 is 1.15 bits per heavy atom. The van der Waals surface area contributed by atoms with E-state index >= 15 is 0 Å². The molecule has 3 aliphatic rings. The monoisotopic (exact) mass is 361 g/mol. The van der Waals surface area contributed by atoms with E-state index in [0.29, 0.717) is 17.5 Å². The minimum atomic E-state index is -1.41. The highest BCUT2D eigenvalue weighted by Crippen LogP contribution is 2.44. The molecule has 1 saturated carbocycles. The van der Waals surface area contributed by atoms with Gasteiger partial charge in [-0.3, -0.25) is 14.5 Å². The first-order valence-electron chi connectivity index (χ1n) is 8.80. The highest BCUT2D eigenvalue weighted by Gasteiger charge is 2.59. The molecular formula is C19H23NO6. The van der Waals surface area contributed by atoms with Crippen LogP contribution >= 0.6 is 0 Å². The fourth-order valence-corrected chi connectivity index (χ4v) is 4.19. The highest BCUT2D eigenvalue weighted by atomic mass is 16.8. The number of carbonyl (C=O) groups excluding carboxylic acids is 2. The van der Waals surface area contributed by atoms with Crippen molar-refractivity contribution in [2.45, 2.75) is 70.0 Å². The van der Waals surface area contributed by atoms with Crippen LogP contribution in [-0.4, -0.2) is 57.7 Å². The Hall–Kier alpha value is -1.80. The molecule has 1 aliphatic carbocycles. The van der Waals surface area contributed by atoms with E-state index in [9.17, 15) is 14.7 Å². The van der Waals surface area contributed by atoms with Crippen molar-refractivity contribution >= 4 is 11.8 Å². The molecule has 0 bridgehead atoms. The number of rotatable bonds is 3. The van der Waals surface area contributed by atoms with Gasteiger partial charge in [-0.25, -0.2) is 0 Å². The average molecular weight is 361 g/mol. The predicted molar refractivity (Wildman–Crippen MR) is 90.3 cm³/mol. The maximum atomic E-state index is 12.9. The third-order valence-corrected chi connectivity index (χ3v) is 4.97. The van der Waals surface area contributed by atoms with E-state index in [1.165, 1.54) is 18.7 Å². The molecule has 140 valence electrons. The quantitative estimate of drug-likeness (QED) is 0.651. The first-order chi connectivity index (χ1) is 12.1. The van der Waals surface area contributed by atoms with E-state index in [2.05, 4.69) is 0 Å². The van der Waals surface area contributed by atoms with Crippen LogP contribution in [-0.2, 0) is 14.2 Å². The number of hydrogen-bond acceptors (Lipinski definition) is 6. The van der Waals surface area contributed by atoms with E-state index in [1.807, 2.05) is 0 Å². The van der Waals surface area contributed by atoms with Crippen molar-refractivity contribution in [2.24, 2.45) is 0 Å². The Morgan fingerprint density at radius 3 is 2.27 bits per heavy atom. The van der Waals surface area contributed by atoms with Crippen LogP contribution in [0.25, 0.3) is 0 Å². The summed E-state index contributed by atoms with van der Waals surface area (Å²) >= 11 is 0. The van der Waals surface area contributed by atoms with Crippen LogP contribution in [0.1, 0.15) is 54.8 Å². The summed E-state index contributed by atoms with van der Waals surface area (Å²) in [5.74, 6) is -2.94. The Balaban J connectivity index is 1.71. The minimum Gasteiger partial charge on any atom is -0.366 e. The lowest BCUT2D eigenvalue weighted by Crippen LogP contribution is -2.53. The van der Waals surface area contributed by atoms with Gasteiger partial charge in [-0.1, -0.05) is 12.1 Å². The zero-order valence-electron chi connectivity index (χ0n) is 15.3. The third-order valence-electron chi connectivity index (χ3n) is 4.97. The molecule has 2 aliphatic heterocycles. The molecule has 2 heterocycles. The second-order valence-electron chi connectivity index (χ2n) is 7.99. The summed E-state index contributed by atoms with van der Waals surface area (Å²) < 4.78 is 17.7. The zero-order valence-corrected chi connectivity index (χ0v) is 15.3. The summed E-state index contributed by atoms with van der Waals surface area (Å²) in [5.41, 5.74) is 0.752. The number of amides is 2. The van der Waals surface area contributed by atoms with Gasteiger partial charge in [0.2, 0.25) is 0 Å². The predicted octanol–water partition coefficient (Wildman–Crippen LogP) is 1.69. The molecular weight excluding hydrogens is 338 g/mol. The largest absolute Gasteiger partial charge is 0.366 e. The molecule has 0 aromatic heterocycles. The molecule has 1 saturated heterocycles. The van der Waals surface area contributed by atoms with E-state index in [0.717, 1.165) is 0 Å². The number of benzene rings is 1. The Morgan fingerprint density at radius 2 is 1.73 bits per heavy atom. The molecule has 4 rings (SSSR count). The topological polar surface area (TPSA) is 85.3 Å². The lowest BCUT2D eigenvalue weighted by molar-refractivity contribution is -0.227. The number of imide groups is 1. The van der Waals surface area contributed by atoms with Crippen LogP contribution in [0.5, 0.6) is 0 Å². The second-order valence-corrected chi connectivity index (χ2v) is 7.99. The van der Waals surface area contributed by atoms with Gasteiger partial charge in [0.1, 0.15) is 6.10 Å². The zero-order chi connectivity index (χ0) is 18.9. The second kappa shape index (κ2) is 5.60. The van der Waals surface area contributed by atoms with Gasteiger partial charge in [0.05, 0.1) is 29.4 Å². The molecule has 7 heteroatoms. The molecule has 1 N–H and O–H groups in total. The molecule has 0 radical (unpaired) electrons. The van der Waals surface area contributed by atoms with Gasteiger partial charge in [-0.2, -0.15) is 0 Å². The number of hydrogen-bond donors (Lipinski definition) is 1. The highest BCUT2D eigenvalue weighted by molar-refractivity contribution is 6.21. The molecule has 2 amide bonds. The first-order valence-corrected chi connectivity index (χ1v) is 8.80. The SMILES string of the molecule is CC(C)(O)OC1C[C@H]2OC(C)(C)O[C@H]2[C@H]1N1C(=O)c2ccccc2C1=O. The molecule has 4 atom stereocenters. The van der Waals surface area contributed by atoms with Crippen LogP contribution in [0.4, 0.5) is 0 Å². The van der Waals surface area contributed by atoms with E-state index in [4.69, 9.17) is 14.2 Å². The molecule has 1 unspecified atom stereocenters. The van der Waals surface area contributed by atoms with Gasteiger partial charge in [-0.05, 0) is 39.8 Å². The molecule has 7 nitrogen and oxygen atoms in total. The summed E-state index contributed by atoms with van der Waals surface area (Å²) in [6.07, 6.45) is -0.967. The minimum absolute atomic E-state index is 0.313. The smallest absolute Gasteiger partial charge is 0.261 e. The lowest BCUT2D eigenvalue weighted by atomic mass is 10.1. The molecule has 1 aromatic rings. The van der Waals surface area contributed by atoms with Gasteiger partial charge in [0, 0.05) is 6.42 Å². The first kappa shape index (κ1) is 17.6. The number of nitrogens with zero attached hydrogens (tertiary/aromatic N) is 1. The fourth-order valence-electron chi connectivity index (χ4n) is 4.19. The van der Waals surface area contributed by atoms with Crippen molar-refractivity contribution < 1.29 is 28.9 Å². The molecule has 26 heavy (non-hydrogen) atoms. The molecule has 2 fully saturated rings. The third kappa shape index (κ3) is 2.75. The summed E-state index contributed by atoms with van der Waals surface area (Å²) in [7, 11) is 0. The number of aliphatic hydroxyl groups is 1. The van der Waals surface area contributed by atoms with Gasteiger partial charge < -0.3 is 19.3 Å². The van der Waals surface area contributed by atoms with Gasteiger partial charge in [-0.15, -0.1) is 0 Å². The number of ether oxygens (including phenoxy) is 3. The number of fused-ring (bicyclic) bond motifs is 2. The van der Waals surface area contributed by atoms with Gasteiger partial charge in [0.15, 0.2) is 11.6 Å². The summed E-state index contributed by atoms with van der Waals surface area (Å²) in [6.45, 7) is 6.64. The number of carbonyl (C=O) groups is 2. The van der Waals surface area contributed by atoms with E-state index < -0.39 is 29.8 Å². The average Bonchev–Trinajstić information content (AvgIpc) is 3.06. The lowest BCUT2D eigenvalue weighted by Gasteiger charge is -2.34. The van der Waals surface area contributed by atoms with Crippen molar-refractivity contribution in [3.63, 3.8) is 0 Å². The Labute approximate surface area is 151 Å². The standard InChI is InChI=1S/C19H23NO6/c1-18(2,23)24-12-9-13-15(26-19(3,4)25-13)14(12)20-16(21)10-7-5-6-8-11(10)17(20)22/h5-8,12-15,23H,9H2,1-4H3/t12?,13-,14+,15-/m1/s1. The van der Waals surface area contributed by atoms with Gasteiger partial charge in [0.25, 0.3) is 11.8 Å². The summed E-state index contributed by atoms with van der Waals surface area (Å²) in [6, 6.07) is 6.08. The van der Waals surface area contributed by atoms with Crippen LogP contribution < -0.4 is 0 Å². The van der Waals surface area contributed by atoms with Crippen molar-refractivity contribution in [3.8, 4) is 0 Å². The van der Waals surface area contributed by atoms with Crippen LogP contribution in [0.3, 0.4) is 0 Å². The maximum Gasteiger partial charge on any atom is 0.261 e. The van der Waals surface area contributed by atoms with Gasteiger partial charge >= 0.3 is 0 Å².